The fourth-order valence-electron chi connectivity index (χ4n) is 2.97. The summed E-state index contributed by atoms with van der Waals surface area (Å²) in [4.78, 5) is 28.6. The van der Waals surface area contributed by atoms with E-state index in [0.717, 1.165) is 5.69 Å². The Kier molecular flexibility index (Phi) is 5.04. The number of nitrogens with zero attached hydrogens (tertiary/aromatic N) is 2. The predicted molar refractivity (Wildman–Crippen MR) is 99.0 cm³/mol. The van der Waals surface area contributed by atoms with Crippen LogP contribution in [0.2, 0.25) is 5.02 Å². The quantitative estimate of drug-likeness (QED) is 0.896. The lowest BCUT2D eigenvalue weighted by Crippen LogP contribution is -2.57. The summed E-state index contributed by atoms with van der Waals surface area (Å²) in [5.41, 5.74) is 1.11. The Morgan fingerprint density at radius 1 is 1.23 bits per heavy atom. The highest BCUT2D eigenvalue weighted by Gasteiger charge is 2.33. The average Bonchev–Trinajstić information content (AvgIpc) is 2.64. The second kappa shape index (κ2) is 7.25. The monoisotopic (exact) mass is 374 g/mol. The van der Waals surface area contributed by atoms with Gasteiger partial charge in [0, 0.05) is 28.9 Å². The topological polar surface area (TPSA) is 70.1 Å². The Morgan fingerprint density at radius 2 is 1.92 bits per heavy atom. The third-order valence-corrected chi connectivity index (χ3v) is 4.66. The lowest BCUT2D eigenvalue weighted by atomic mass is 10.1. The highest BCUT2D eigenvalue weighted by molar-refractivity contribution is 6.30. The maximum atomic E-state index is 12.8. The normalized spacial score (nSPS) is 17.3. The molecule has 1 N–H and O–H groups in total. The molecule has 2 aromatic carbocycles. The molecule has 6 nitrogen and oxygen atoms in total. The fourth-order valence-corrected chi connectivity index (χ4v) is 3.10. The molecule has 1 atom stereocenters. The minimum absolute atomic E-state index is 0.0220. The van der Waals surface area contributed by atoms with Crippen molar-refractivity contribution in [1.82, 2.24) is 4.90 Å². The van der Waals surface area contributed by atoms with Crippen LogP contribution in [-0.4, -0.2) is 48.1 Å². The van der Waals surface area contributed by atoms with Gasteiger partial charge in [-0.2, -0.15) is 0 Å². The van der Waals surface area contributed by atoms with E-state index in [1.807, 2.05) is 6.92 Å². The van der Waals surface area contributed by atoms with E-state index in [0.29, 0.717) is 17.1 Å². The number of phenols is 1. The molecule has 2 aromatic rings. The first-order chi connectivity index (χ1) is 12.4. The molecule has 3 rings (SSSR count). The predicted octanol–water partition coefficient (Wildman–Crippen LogP) is 2.93. The highest BCUT2D eigenvalue weighted by Crippen LogP contribution is 2.28. The number of hydrogen-bond acceptors (Lipinski definition) is 4. The molecule has 0 aliphatic carbocycles. The number of benzene rings is 2. The second-order valence-electron chi connectivity index (χ2n) is 6.15. The van der Waals surface area contributed by atoms with Crippen LogP contribution in [0.15, 0.2) is 42.5 Å². The highest BCUT2D eigenvalue weighted by atomic mass is 35.5. The van der Waals surface area contributed by atoms with E-state index in [9.17, 15) is 14.7 Å². The molecular weight excluding hydrogens is 356 g/mol. The third-order valence-electron chi connectivity index (χ3n) is 4.41. The van der Waals surface area contributed by atoms with Crippen LogP contribution in [0, 0.1) is 0 Å². The van der Waals surface area contributed by atoms with E-state index < -0.39 is 0 Å². The Balaban J connectivity index is 1.80. The third kappa shape index (κ3) is 3.46. The Morgan fingerprint density at radius 3 is 2.58 bits per heavy atom. The number of anilines is 1. The van der Waals surface area contributed by atoms with Gasteiger partial charge in [-0.1, -0.05) is 11.6 Å². The van der Waals surface area contributed by atoms with Crippen LogP contribution < -0.4 is 9.64 Å². The first-order valence-corrected chi connectivity index (χ1v) is 8.52. The number of ether oxygens (including phenoxy) is 1. The number of phenolic OH excluding ortho intramolecular Hbond substituents is 1. The SMILES string of the molecule is COc1cc(C(=O)N2CC(=O)N(c3ccc(Cl)cc3)C[C@H]2C)ccc1O. The Hall–Kier alpha value is -2.73. The van der Waals surface area contributed by atoms with Crippen LogP contribution in [0.25, 0.3) is 0 Å². The van der Waals surface area contributed by atoms with Crippen molar-refractivity contribution in [2.45, 2.75) is 13.0 Å². The summed E-state index contributed by atoms with van der Waals surface area (Å²) in [6.45, 7) is 2.26. The number of carbonyl (C=O) groups is 2. The van der Waals surface area contributed by atoms with Crippen LogP contribution >= 0.6 is 11.6 Å². The largest absolute Gasteiger partial charge is 0.504 e. The van der Waals surface area contributed by atoms with Gasteiger partial charge >= 0.3 is 0 Å². The van der Waals surface area contributed by atoms with Crippen molar-refractivity contribution in [1.29, 1.82) is 0 Å². The van der Waals surface area contributed by atoms with Gasteiger partial charge in [-0.15, -0.1) is 0 Å². The average molecular weight is 375 g/mol. The minimum atomic E-state index is -0.278. The lowest BCUT2D eigenvalue weighted by Gasteiger charge is -2.39. The van der Waals surface area contributed by atoms with Crippen LogP contribution in [0.4, 0.5) is 5.69 Å². The van der Waals surface area contributed by atoms with Gasteiger partial charge in [0.15, 0.2) is 11.5 Å². The molecule has 0 radical (unpaired) electrons. The molecule has 7 heteroatoms. The number of halogens is 1. The van der Waals surface area contributed by atoms with Gasteiger partial charge in [-0.3, -0.25) is 9.59 Å². The molecule has 1 heterocycles. The van der Waals surface area contributed by atoms with Gasteiger partial charge in [-0.05, 0) is 49.4 Å². The Bertz CT molecular complexity index is 838. The first-order valence-electron chi connectivity index (χ1n) is 8.14. The van der Waals surface area contributed by atoms with Gasteiger partial charge < -0.3 is 19.6 Å². The molecule has 0 bridgehead atoms. The van der Waals surface area contributed by atoms with E-state index in [4.69, 9.17) is 16.3 Å². The zero-order valence-corrected chi connectivity index (χ0v) is 15.2. The molecule has 1 saturated heterocycles. The smallest absolute Gasteiger partial charge is 0.254 e. The number of rotatable bonds is 3. The van der Waals surface area contributed by atoms with Crippen molar-refractivity contribution in [2.24, 2.45) is 0 Å². The van der Waals surface area contributed by atoms with Gasteiger partial charge in [0.1, 0.15) is 6.54 Å². The van der Waals surface area contributed by atoms with E-state index in [2.05, 4.69) is 0 Å². The Labute approximate surface area is 156 Å². The summed E-state index contributed by atoms with van der Waals surface area (Å²) in [5.74, 6) is -0.264. The second-order valence-corrected chi connectivity index (χ2v) is 6.59. The molecule has 0 saturated carbocycles. The van der Waals surface area contributed by atoms with E-state index in [-0.39, 0.29) is 35.9 Å². The number of aromatic hydroxyl groups is 1. The van der Waals surface area contributed by atoms with Crippen molar-refractivity contribution in [3.05, 3.63) is 53.1 Å². The molecule has 1 aliphatic rings. The van der Waals surface area contributed by atoms with Crippen LogP contribution in [-0.2, 0) is 4.79 Å². The number of carbonyl (C=O) groups excluding carboxylic acids is 2. The molecule has 1 aliphatic heterocycles. The van der Waals surface area contributed by atoms with Crippen molar-refractivity contribution in [2.75, 3.05) is 25.1 Å². The number of hydrogen-bond donors (Lipinski definition) is 1. The van der Waals surface area contributed by atoms with Gasteiger partial charge in [0.2, 0.25) is 5.91 Å². The molecule has 2 amide bonds. The number of methoxy groups -OCH3 is 1. The standard InChI is InChI=1S/C19H19ClN2O4/c1-12-10-22(15-6-4-14(20)5-7-15)18(24)11-21(12)19(25)13-3-8-16(23)17(9-13)26-2/h3-9,12,23H,10-11H2,1-2H3/t12-/m1/s1. The molecule has 0 aromatic heterocycles. The number of piperazine rings is 1. The summed E-state index contributed by atoms with van der Waals surface area (Å²) >= 11 is 5.90. The van der Waals surface area contributed by atoms with Crippen LogP contribution in [0.3, 0.4) is 0 Å². The minimum Gasteiger partial charge on any atom is -0.504 e. The summed E-state index contributed by atoms with van der Waals surface area (Å²) < 4.78 is 5.05. The van der Waals surface area contributed by atoms with Crippen LogP contribution in [0.5, 0.6) is 11.5 Å². The van der Waals surface area contributed by atoms with E-state index in [1.165, 1.54) is 30.2 Å². The van der Waals surface area contributed by atoms with E-state index >= 15 is 0 Å². The first kappa shape index (κ1) is 18.1. The van der Waals surface area contributed by atoms with Crippen molar-refractivity contribution < 1.29 is 19.4 Å². The summed E-state index contributed by atoms with van der Waals surface area (Å²) in [6.07, 6.45) is 0. The lowest BCUT2D eigenvalue weighted by molar-refractivity contribution is -0.121. The van der Waals surface area contributed by atoms with Gasteiger partial charge in [0.05, 0.1) is 7.11 Å². The molecular formula is C19H19ClN2O4. The van der Waals surface area contributed by atoms with Gasteiger partial charge in [-0.25, -0.2) is 0 Å². The molecule has 1 fully saturated rings. The fraction of sp³-hybridized carbons (Fsp3) is 0.263. The summed E-state index contributed by atoms with van der Waals surface area (Å²) in [7, 11) is 1.42. The molecule has 0 unspecified atom stereocenters. The zero-order valence-electron chi connectivity index (χ0n) is 14.5. The van der Waals surface area contributed by atoms with Crippen molar-refractivity contribution in [3.63, 3.8) is 0 Å². The summed E-state index contributed by atoms with van der Waals surface area (Å²) in [6, 6.07) is 11.3. The van der Waals surface area contributed by atoms with Crippen molar-refractivity contribution in [3.8, 4) is 11.5 Å². The van der Waals surface area contributed by atoms with Gasteiger partial charge in [0.25, 0.3) is 5.91 Å². The van der Waals surface area contributed by atoms with Crippen LogP contribution in [0.1, 0.15) is 17.3 Å². The summed E-state index contributed by atoms with van der Waals surface area (Å²) in [5, 5.41) is 10.3. The number of amides is 2. The maximum absolute atomic E-state index is 12.8. The maximum Gasteiger partial charge on any atom is 0.254 e. The zero-order chi connectivity index (χ0) is 18.8. The molecule has 26 heavy (non-hydrogen) atoms. The molecule has 136 valence electrons. The van der Waals surface area contributed by atoms with Crippen molar-refractivity contribution >= 4 is 29.1 Å². The molecule has 0 spiro atoms. The van der Waals surface area contributed by atoms with E-state index in [1.54, 1.807) is 29.2 Å².